The maximum atomic E-state index is 11.7. The lowest BCUT2D eigenvalue weighted by molar-refractivity contribution is -0.141. The first-order chi connectivity index (χ1) is 9.58. The minimum Gasteiger partial charge on any atom is -0.491 e. The smallest absolute Gasteiger partial charge is 0.315 e. The highest BCUT2D eigenvalue weighted by Crippen LogP contribution is 2.31. The van der Waals surface area contributed by atoms with Crippen molar-refractivity contribution in [2.24, 2.45) is 5.92 Å². The summed E-state index contributed by atoms with van der Waals surface area (Å²) in [7, 11) is 0. The number of urea groups is 1. The Balaban J connectivity index is 1.77. The molecule has 0 saturated carbocycles. The van der Waals surface area contributed by atoms with E-state index in [1.54, 1.807) is 6.92 Å². The lowest BCUT2D eigenvalue weighted by Crippen LogP contribution is -2.39. The van der Waals surface area contributed by atoms with Gasteiger partial charge in [-0.1, -0.05) is 25.1 Å². The van der Waals surface area contributed by atoms with Gasteiger partial charge in [0.2, 0.25) is 0 Å². The Labute approximate surface area is 117 Å². The van der Waals surface area contributed by atoms with Gasteiger partial charge in [0.15, 0.2) is 0 Å². The number of carboxylic acid groups (broad SMARTS) is 1. The van der Waals surface area contributed by atoms with Gasteiger partial charge >= 0.3 is 12.0 Å². The van der Waals surface area contributed by atoms with Crippen molar-refractivity contribution in [2.45, 2.75) is 19.4 Å². The summed E-state index contributed by atoms with van der Waals surface area (Å²) >= 11 is 0. The number of carbonyl (C=O) groups is 2. The molecule has 6 nitrogen and oxygen atoms in total. The molecule has 0 saturated heterocycles. The lowest BCUT2D eigenvalue weighted by atomic mass is 10.1. The molecule has 20 heavy (non-hydrogen) atoms. The number of nitrogens with one attached hydrogen (secondary N) is 2. The molecule has 1 aromatic carbocycles. The van der Waals surface area contributed by atoms with Crippen LogP contribution in [0.5, 0.6) is 5.75 Å². The van der Waals surface area contributed by atoms with Crippen LogP contribution in [0.3, 0.4) is 0 Å². The Morgan fingerprint density at radius 3 is 2.95 bits per heavy atom. The van der Waals surface area contributed by atoms with Crippen molar-refractivity contribution >= 4 is 12.0 Å². The van der Waals surface area contributed by atoms with Crippen LogP contribution in [-0.4, -0.2) is 30.3 Å². The van der Waals surface area contributed by atoms with Gasteiger partial charge in [0.25, 0.3) is 0 Å². The number of carbonyl (C=O) groups excluding carboxylic acids is 1. The average Bonchev–Trinajstić information content (AvgIpc) is 2.82. The standard InChI is InChI=1S/C14H18N2O4/c1-9(13(17)18)6-7-15-14(19)16-11-8-20-12-5-3-2-4-10(11)12/h2-5,9,11H,6-8H2,1H3,(H,17,18)(H2,15,16,19). The van der Waals surface area contributed by atoms with E-state index in [0.717, 1.165) is 11.3 Å². The second-order valence-electron chi connectivity index (χ2n) is 4.83. The highest BCUT2D eigenvalue weighted by Gasteiger charge is 2.24. The fourth-order valence-corrected chi connectivity index (χ4v) is 2.02. The number of hydrogen-bond donors (Lipinski definition) is 3. The first-order valence-corrected chi connectivity index (χ1v) is 6.57. The van der Waals surface area contributed by atoms with E-state index in [0.29, 0.717) is 19.6 Å². The minimum atomic E-state index is -0.856. The molecule has 0 fully saturated rings. The van der Waals surface area contributed by atoms with Crippen LogP contribution in [0, 0.1) is 5.92 Å². The Hall–Kier alpha value is -2.24. The maximum absolute atomic E-state index is 11.7. The summed E-state index contributed by atoms with van der Waals surface area (Å²) in [5.74, 6) is -0.534. The Bertz CT molecular complexity index is 504. The zero-order valence-corrected chi connectivity index (χ0v) is 11.3. The van der Waals surface area contributed by atoms with Crippen LogP contribution in [0.15, 0.2) is 24.3 Å². The third-order valence-electron chi connectivity index (χ3n) is 3.29. The SMILES string of the molecule is CC(CCNC(=O)NC1COc2ccccc21)C(=O)O. The predicted octanol–water partition coefficient (Wildman–Crippen LogP) is 1.53. The number of fused-ring (bicyclic) bond motifs is 1. The number of benzene rings is 1. The third kappa shape index (κ3) is 3.40. The number of ether oxygens (including phenoxy) is 1. The molecule has 2 amide bonds. The van der Waals surface area contributed by atoms with Gasteiger partial charge in [-0.2, -0.15) is 0 Å². The van der Waals surface area contributed by atoms with Crippen LogP contribution in [0.4, 0.5) is 4.79 Å². The Morgan fingerprint density at radius 1 is 1.45 bits per heavy atom. The van der Waals surface area contributed by atoms with Gasteiger partial charge in [0.1, 0.15) is 12.4 Å². The normalized spacial score (nSPS) is 17.8. The van der Waals surface area contributed by atoms with Crippen LogP contribution in [-0.2, 0) is 4.79 Å². The summed E-state index contributed by atoms with van der Waals surface area (Å²) in [6, 6.07) is 7.09. The van der Waals surface area contributed by atoms with Gasteiger partial charge in [0, 0.05) is 12.1 Å². The zero-order valence-electron chi connectivity index (χ0n) is 11.3. The molecule has 2 rings (SSSR count). The van der Waals surface area contributed by atoms with E-state index in [1.165, 1.54) is 0 Å². The average molecular weight is 278 g/mol. The van der Waals surface area contributed by atoms with Crippen LogP contribution in [0.2, 0.25) is 0 Å². The topological polar surface area (TPSA) is 87.7 Å². The van der Waals surface area contributed by atoms with E-state index < -0.39 is 11.9 Å². The summed E-state index contributed by atoms with van der Waals surface area (Å²) in [4.78, 5) is 22.4. The van der Waals surface area contributed by atoms with Crippen molar-refractivity contribution in [3.63, 3.8) is 0 Å². The summed E-state index contributed by atoms with van der Waals surface area (Å²) < 4.78 is 5.47. The fourth-order valence-electron chi connectivity index (χ4n) is 2.02. The molecule has 2 unspecified atom stereocenters. The van der Waals surface area contributed by atoms with E-state index in [-0.39, 0.29) is 12.1 Å². The van der Waals surface area contributed by atoms with E-state index in [9.17, 15) is 9.59 Å². The third-order valence-corrected chi connectivity index (χ3v) is 3.29. The van der Waals surface area contributed by atoms with Gasteiger partial charge < -0.3 is 20.5 Å². The van der Waals surface area contributed by atoms with Gasteiger partial charge in [-0.15, -0.1) is 0 Å². The number of rotatable bonds is 5. The summed E-state index contributed by atoms with van der Waals surface area (Å²) in [5.41, 5.74) is 0.960. The van der Waals surface area contributed by atoms with E-state index in [1.807, 2.05) is 24.3 Å². The Kier molecular flexibility index (Phi) is 4.45. The number of para-hydroxylation sites is 1. The molecule has 1 heterocycles. The molecule has 2 atom stereocenters. The first-order valence-electron chi connectivity index (χ1n) is 6.57. The molecule has 0 radical (unpaired) electrons. The van der Waals surface area contributed by atoms with Crippen molar-refractivity contribution < 1.29 is 19.4 Å². The monoisotopic (exact) mass is 278 g/mol. The molecule has 0 aliphatic carbocycles. The van der Waals surface area contributed by atoms with Gasteiger partial charge in [-0.25, -0.2) is 4.79 Å². The number of amides is 2. The molecule has 0 bridgehead atoms. The second kappa shape index (κ2) is 6.27. The fraction of sp³-hybridized carbons (Fsp3) is 0.429. The minimum absolute atomic E-state index is 0.164. The summed E-state index contributed by atoms with van der Waals surface area (Å²) in [6.45, 7) is 2.36. The quantitative estimate of drug-likeness (QED) is 0.762. The molecule has 0 spiro atoms. The molecule has 1 aliphatic rings. The highest BCUT2D eigenvalue weighted by atomic mass is 16.5. The molecular weight excluding hydrogens is 260 g/mol. The van der Waals surface area contributed by atoms with Crippen LogP contribution >= 0.6 is 0 Å². The van der Waals surface area contributed by atoms with Gasteiger partial charge in [-0.05, 0) is 12.5 Å². The van der Waals surface area contributed by atoms with Crippen molar-refractivity contribution in [3.05, 3.63) is 29.8 Å². The van der Waals surface area contributed by atoms with Gasteiger partial charge in [0.05, 0.1) is 12.0 Å². The largest absolute Gasteiger partial charge is 0.491 e. The van der Waals surface area contributed by atoms with Crippen LogP contribution in [0.1, 0.15) is 24.9 Å². The van der Waals surface area contributed by atoms with Crippen LogP contribution < -0.4 is 15.4 Å². The van der Waals surface area contributed by atoms with E-state index in [4.69, 9.17) is 9.84 Å². The van der Waals surface area contributed by atoms with Crippen LogP contribution in [0.25, 0.3) is 0 Å². The lowest BCUT2D eigenvalue weighted by Gasteiger charge is -2.13. The van der Waals surface area contributed by atoms with E-state index >= 15 is 0 Å². The second-order valence-corrected chi connectivity index (χ2v) is 4.83. The van der Waals surface area contributed by atoms with Crippen molar-refractivity contribution in [3.8, 4) is 5.75 Å². The molecule has 108 valence electrons. The molecule has 6 heteroatoms. The van der Waals surface area contributed by atoms with Crippen molar-refractivity contribution in [2.75, 3.05) is 13.2 Å². The number of aliphatic carboxylic acids is 1. The molecule has 0 aromatic heterocycles. The Morgan fingerprint density at radius 2 is 2.20 bits per heavy atom. The van der Waals surface area contributed by atoms with Gasteiger partial charge in [-0.3, -0.25) is 4.79 Å². The summed E-state index contributed by atoms with van der Waals surface area (Å²) in [5, 5.41) is 14.2. The maximum Gasteiger partial charge on any atom is 0.315 e. The summed E-state index contributed by atoms with van der Waals surface area (Å²) in [6.07, 6.45) is 0.403. The molecular formula is C14H18N2O4. The van der Waals surface area contributed by atoms with E-state index in [2.05, 4.69) is 10.6 Å². The van der Waals surface area contributed by atoms with Crippen molar-refractivity contribution in [1.82, 2.24) is 10.6 Å². The number of hydrogen-bond acceptors (Lipinski definition) is 3. The zero-order chi connectivity index (χ0) is 14.5. The predicted molar refractivity (Wildman–Crippen MR) is 72.6 cm³/mol. The molecule has 1 aliphatic heterocycles. The molecule has 3 N–H and O–H groups in total. The highest BCUT2D eigenvalue weighted by molar-refractivity contribution is 5.75. The van der Waals surface area contributed by atoms with Crippen molar-refractivity contribution in [1.29, 1.82) is 0 Å². The first kappa shape index (κ1) is 14.2. The number of carboxylic acids is 1. The molecule has 1 aromatic rings.